The Bertz CT molecular complexity index is 2860. The number of aromatic amines is 2. The van der Waals surface area contributed by atoms with Gasteiger partial charge in [0, 0.05) is 174 Å². The average molecular weight is 1190 g/mol. The van der Waals surface area contributed by atoms with Gasteiger partial charge in [-0.3, -0.25) is 38.8 Å². The Hall–Kier alpha value is -5.18. The summed E-state index contributed by atoms with van der Waals surface area (Å²) < 4.78 is 27.3. The molecular formula is C68H100F2N12O4. The molecule has 6 aliphatic rings. The first-order valence-electron chi connectivity index (χ1n) is 32.7. The lowest BCUT2D eigenvalue weighted by Gasteiger charge is -2.45. The summed E-state index contributed by atoms with van der Waals surface area (Å²) in [5.74, 6) is -0.508. The van der Waals surface area contributed by atoms with Gasteiger partial charge in [0.2, 0.25) is 11.8 Å². The van der Waals surface area contributed by atoms with E-state index in [0.717, 1.165) is 126 Å². The van der Waals surface area contributed by atoms with Gasteiger partial charge in [-0.05, 0) is 101 Å². The van der Waals surface area contributed by atoms with Gasteiger partial charge in [-0.25, -0.2) is 8.78 Å². The molecule has 0 radical (unpaired) electrons. The number of hydrogen-bond acceptors (Lipinski definition) is 12. The minimum Gasteiger partial charge on any atom is -0.323 e. The van der Waals surface area contributed by atoms with Gasteiger partial charge in [0.05, 0.1) is 24.5 Å². The number of benzene rings is 2. The third-order valence-electron chi connectivity index (χ3n) is 19.9. The number of aromatic nitrogens is 2. The molecule has 6 atom stereocenters. The lowest BCUT2D eigenvalue weighted by molar-refractivity contribution is -0.121. The van der Waals surface area contributed by atoms with Crippen molar-refractivity contribution in [1.29, 1.82) is 0 Å². The highest BCUT2D eigenvalue weighted by molar-refractivity contribution is 5.98. The molecule has 0 spiro atoms. The fourth-order valence-corrected chi connectivity index (χ4v) is 14.7. The first-order valence-corrected chi connectivity index (χ1v) is 32.7. The number of unbranched alkanes of at least 4 members (excludes halogenated alkanes) is 7. The standard InChI is InChI=1S/C68H100F2N12O4/c1-47-37-79(43-61(83)81-45-67(5,6)63-59(81)33-53(65(85)73-63)31-51-17-21-55(69)22-18-51)57(35-71-47)41-77-29-27-75(39-49(77)3)25-15-13-11-9-10-12-14-16-26-76-28-30-78(50(4)40-76)42-58-36-72-48(2)38-80(58)44-62(84)82-46-68(7,8)64-60(82)34-54(66(86)74-64)32-52-19-23-56(70)24-20-52/h17-24,33-34,47-50,57-58,71-72H,9-16,25-32,35-46H2,1-8H3,(H,73,85)(H,74,86)/t47-,48-,49-,50-,57-,58-/m1/s1. The van der Waals surface area contributed by atoms with E-state index in [-0.39, 0.29) is 58.7 Å². The summed E-state index contributed by atoms with van der Waals surface area (Å²) in [4.78, 5) is 80.7. The van der Waals surface area contributed by atoms with E-state index in [1.165, 1.54) is 75.6 Å². The number of nitrogens with zero attached hydrogens (tertiary/aromatic N) is 8. The lowest BCUT2D eigenvalue weighted by atomic mass is 9.91. The lowest BCUT2D eigenvalue weighted by Crippen LogP contribution is -2.63. The van der Waals surface area contributed by atoms with Crippen molar-refractivity contribution in [2.24, 2.45) is 0 Å². The number of carbonyl (C=O) groups is 2. The molecule has 86 heavy (non-hydrogen) atoms. The van der Waals surface area contributed by atoms with E-state index in [2.05, 4.69) is 105 Å². The number of piperazine rings is 4. The molecule has 6 aliphatic heterocycles. The summed E-state index contributed by atoms with van der Waals surface area (Å²) in [6.07, 6.45) is 11.0. The third kappa shape index (κ3) is 15.8. The smallest absolute Gasteiger partial charge is 0.251 e. The Labute approximate surface area is 510 Å². The molecule has 2 aromatic carbocycles. The molecule has 18 heteroatoms. The zero-order valence-electron chi connectivity index (χ0n) is 53.0. The van der Waals surface area contributed by atoms with Crippen LogP contribution in [0.3, 0.4) is 0 Å². The molecule has 2 amide bonds. The van der Waals surface area contributed by atoms with E-state index in [1.807, 2.05) is 21.9 Å². The summed E-state index contributed by atoms with van der Waals surface area (Å²) in [5.41, 5.74) is 4.88. The van der Waals surface area contributed by atoms with Gasteiger partial charge in [-0.2, -0.15) is 0 Å². The van der Waals surface area contributed by atoms with Crippen LogP contribution in [-0.4, -0.2) is 205 Å². The van der Waals surface area contributed by atoms with E-state index in [1.54, 1.807) is 24.3 Å². The van der Waals surface area contributed by atoms with Crippen LogP contribution in [0.25, 0.3) is 0 Å². The van der Waals surface area contributed by atoms with Gasteiger partial charge in [-0.15, -0.1) is 0 Å². The fraction of sp³-hybridized carbons (Fsp3) is 0.647. The van der Waals surface area contributed by atoms with Crippen molar-refractivity contribution in [2.75, 3.05) is 128 Å². The summed E-state index contributed by atoms with van der Waals surface area (Å²) in [6.45, 7) is 32.9. The number of H-pyrrole nitrogens is 2. The van der Waals surface area contributed by atoms with Gasteiger partial charge in [0.1, 0.15) is 11.6 Å². The number of pyridine rings is 2. The first kappa shape index (κ1) is 63.8. The van der Waals surface area contributed by atoms with Crippen molar-refractivity contribution >= 4 is 23.2 Å². The average Bonchev–Trinajstić information content (AvgIpc) is 1.93. The van der Waals surface area contributed by atoms with Crippen LogP contribution in [0, 0.1) is 11.6 Å². The van der Waals surface area contributed by atoms with E-state index in [0.29, 0.717) is 62.2 Å². The number of rotatable bonds is 23. The van der Waals surface area contributed by atoms with Crippen LogP contribution in [-0.2, 0) is 33.3 Å². The number of hydrogen-bond donors (Lipinski definition) is 4. The number of fused-ring (bicyclic) bond motifs is 2. The number of anilines is 2. The zero-order chi connectivity index (χ0) is 60.9. The van der Waals surface area contributed by atoms with E-state index in [9.17, 15) is 28.0 Å². The molecule has 0 unspecified atom stereocenters. The van der Waals surface area contributed by atoms with Crippen LogP contribution in [0.5, 0.6) is 0 Å². The Morgan fingerprint density at radius 3 is 1.26 bits per heavy atom. The number of halogens is 2. The summed E-state index contributed by atoms with van der Waals surface area (Å²) in [6, 6.07) is 18.1. The predicted octanol–water partition coefficient (Wildman–Crippen LogP) is 6.93. The largest absolute Gasteiger partial charge is 0.323 e. The number of carbonyl (C=O) groups excluding carboxylic acids is 2. The van der Waals surface area contributed by atoms with Crippen LogP contribution >= 0.6 is 0 Å². The van der Waals surface area contributed by atoms with Crippen LogP contribution in [0.2, 0.25) is 0 Å². The molecule has 4 fully saturated rings. The molecule has 0 bridgehead atoms. The van der Waals surface area contributed by atoms with Crippen LogP contribution in [0.15, 0.2) is 70.3 Å². The molecule has 0 aliphatic carbocycles. The van der Waals surface area contributed by atoms with Crippen LogP contribution < -0.4 is 31.6 Å². The topological polar surface area (TPSA) is 150 Å². The highest BCUT2D eigenvalue weighted by Crippen LogP contribution is 2.41. The molecule has 16 nitrogen and oxygen atoms in total. The minimum absolute atomic E-state index is 0.0563. The monoisotopic (exact) mass is 1190 g/mol. The van der Waals surface area contributed by atoms with Crippen molar-refractivity contribution in [3.63, 3.8) is 0 Å². The Morgan fingerprint density at radius 1 is 0.512 bits per heavy atom. The van der Waals surface area contributed by atoms with Gasteiger partial charge in [0.25, 0.3) is 11.1 Å². The highest BCUT2D eigenvalue weighted by Gasteiger charge is 2.43. The van der Waals surface area contributed by atoms with Gasteiger partial charge in [-0.1, -0.05) is 90.5 Å². The summed E-state index contributed by atoms with van der Waals surface area (Å²) in [7, 11) is 0. The maximum absolute atomic E-state index is 14.4. The van der Waals surface area contributed by atoms with Gasteiger partial charge in [0.15, 0.2) is 0 Å². The van der Waals surface area contributed by atoms with Crippen molar-refractivity contribution in [1.82, 2.24) is 50.0 Å². The third-order valence-corrected chi connectivity index (χ3v) is 19.9. The molecule has 4 N–H and O–H groups in total. The second-order valence-electron chi connectivity index (χ2n) is 28.0. The maximum Gasteiger partial charge on any atom is 0.251 e. The predicted molar refractivity (Wildman–Crippen MR) is 341 cm³/mol. The molecule has 470 valence electrons. The number of nitrogens with one attached hydrogen (secondary N) is 4. The maximum atomic E-state index is 14.4. The Morgan fingerprint density at radius 2 is 0.884 bits per heavy atom. The van der Waals surface area contributed by atoms with Crippen molar-refractivity contribution in [2.45, 2.75) is 167 Å². The van der Waals surface area contributed by atoms with Gasteiger partial charge < -0.3 is 40.2 Å². The molecule has 8 heterocycles. The molecule has 4 aromatic rings. The van der Waals surface area contributed by atoms with Crippen LogP contribution in [0.1, 0.15) is 140 Å². The SMILES string of the molecule is C[C@@H]1CN(CC(=O)N2CC(C)(C)c3[nH]c(=O)c(Cc4ccc(F)cc4)cc32)[C@@H](CN2CCN(CCCCCCCCCCN3CCN(C[C@H]4CN[C@H](C)CN4CC(=O)N4CC(C)(C)c5[nH]c(=O)c(Cc6ccc(F)cc6)cc54)[C@H](C)C3)C[C@H]2C)CN1. The quantitative estimate of drug-likeness (QED) is 0.0571. The van der Waals surface area contributed by atoms with Crippen molar-refractivity contribution < 1.29 is 18.4 Å². The van der Waals surface area contributed by atoms with Gasteiger partial charge >= 0.3 is 0 Å². The number of amides is 2. The van der Waals surface area contributed by atoms with Crippen molar-refractivity contribution in [3.05, 3.63) is 127 Å². The fourth-order valence-electron chi connectivity index (χ4n) is 14.7. The summed E-state index contributed by atoms with van der Waals surface area (Å²) >= 11 is 0. The molecule has 4 saturated heterocycles. The second-order valence-corrected chi connectivity index (χ2v) is 28.0. The summed E-state index contributed by atoms with van der Waals surface area (Å²) in [5, 5.41) is 7.40. The molecule has 0 saturated carbocycles. The van der Waals surface area contributed by atoms with E-state index in [4.69, 9.17) is 0 Å². The Balaban J connectivity index is 0.594. The molecular weight excluding hydrogens is 1090 g/mol. The van der Waals surface area contributed by atoms with Crippen molar-refractivity contribution in [3.8, 4) is 0 Å². The molecule has 2 aromatic heterocycles. The Kier molecular flexibility index (Phi) is 20.9. The van der Waals surface area contributed by atoms with Crippen LogP contribution in [0.4, 0.5) is 20.2 Å². The minimum atomic E-state index is -0.393. The second kappa shape index (κ2) is 28.1. The molecule has 10 rings (SSSR count). The highest BCUT2D eigenvalue weighted by atomic mass is 19.1. The zero-order valence-corrected chi connectivity index (χ0v) is 53.0. The van der Waals surface area contributed by atoms with E-state index >= 15 is 0 Å². The first-order chi connectivity index (χ1) is 41.2. The normalized spacial score (nSPS) is 25.0. The van der Waals surface area contributed by atoms with E-state index < -0.39 is 10.8 Å².